The lowest BCUT2D eigenvalue weighted by Gasteiger charge is -2.16. The third-order valence-corrected chi connectivity index (χ3v) is 6.49. The number of hydrogen-bond acceptors (Lipinski definition) is 8. The summed E-state index contributed by atoms with van der Waals surface area (Å²) in [5.74, 6) is 1.06. The van der Waals surface area contributed by atoms with Crippen molar-refractivity contribution in [3.05, 3.63) is 48.4 Å². The van der Waals surface area contributed by atoms with Crippen molar-refractivity contribution >= 4 is 22.7 Å². The number of fused-ring (bicyclic) bond motifs is 2. The highest BCUT2D eigenvalue weighted by Crippen LogP contribution is 2.30. The van der Waals surface area contributed by atoms with Crippen molar-refractivity contribution in [2.24, 2.45) is 7.05 Å². The SMILES string of the molecule is CCn1ncc(-c2nc3c(OC4CCN(C(=O)c5cnn6cccnc56)C4)ncnc3n2C)c1C. The Labute approximate surface area is 200 Å². The molecule has 12 nitrogen and oxygen atoms in total. The van der Waals surface area contributed by atoms with Crippen LogP contribution in [0.15, 0.2) is 37.2 Å². The van der Waals surface area contributed by atoms with Crippen LogP contribution in [0.4, 0.5) is 0 Å². The van der Waals surface area contributed by atoms with Crippen LogP contribution in [0, 0.1) is 6.92 Å². The van der Waals surface area contributed by atoms with E-state index in [1.165, 1.54) is 6.33 Å². The molecule has 5 aromatic rings. The van der Waals surface area contributed by atoms with Gasteiger partial charge >= 0.3 is 0 Å². The summed E-state index contributed by atoms with van der Waals surface area (Å²) in [5.41, 5.74) is 4.27. The first-order valence-corrected chi connectivity index (χ1v) is 11.5. The maximum absolute atomic E-state index is 13.1. The summed E-state index contributed by atoms with van der Waals surface area (Å²) in [4.78, 5) is 32.8. The lowest BCUT2D eigenvalue weighted by molar-refractivity contribution is 0.0773. The number of likely N-dealkylation sites (tertiary alicyclic amines) is 1. The van der Waals surface area contributed by atoms with Gasteiger partial charge in [-0.1, -0.05) is 0 Å². The van der Waals surface area contributed by atoms with Gasteiger partial charge in [0.1, 0.15) is 23.8 Å². The number of imidazole rings is 1. The van der Waals surface area contributed by atoms with Crippen molar-refractivity contribution in [1.29, 1.82) is 0 Å². The Bertz CT molecular complexity index is 1570. The topological polar surface area (TPSA) is 121 Å². The molecule has 1 amide bonds. The van der Waals surface area contributed by atoms with Gasteiger partial charge in [0.2, 0.25) is 5.88 Å². The summed E-state index contributed by atoms with van der Waals surface area (Å²) >= 11 is 0. The van der Waals surface area contributed by atoms with Gasteiger partial charge in [0.15, 0.2) is 16.8 Å². The lowest BCUT2D eigenvalue weighted by atomic mass is 10.2. The second kappa shape index (κ2) is 8.15. The third-order valence-electron chi connectivity index (χ3n) is 6.49. The average Bonchev–Trinajstić information content (AvgIpc) is 3.65. The van der Waals surface area contributed by atoms with E-state index in [1.807, 2.05) is 29.4 Å². The summed E-state index contributed by atoms with van der Waals surface area (Å²) in [6.07, 6.45) is 8.77. The van der Waals surface area contributed by atoms with Crippen LogP contribution in [0.3, 0.4) is 0 Å². The first-order chi connectivity index (χ1) is 17.0. The molecule has 1 unspecified atom stereocenters. The number of ether oxygens (including phenoxy) is 1. The zero-order chi connectivity index (χ0) is 24.1. The number of aromatic nitrogens is 9. The Balaban J connectivity index is 1.25. The third kappa shape index (κ3) is 3.40. The van der Waals surface area contributed by atoms with E-state index in [4.69, 9.17) is 9.72 Å². The Morgan fingerprint density at radius 1 is 1.17 bits per heavy atom. The minimum Gasteiger partial charge on any atom is -0.471 e. The van der Waals surface area contributed by atoms with Gasteiger partial charge in [-0.2, -0.15) is 15.2 Å². The highest BCUT2D eigenvalue weighted by molar-refractivity contribution is 5.99. The molecule has 1 aliphatic heterocycles. The van der Waals surface area contributed by atoms with Gasteiger partial charge in [-0.3, -0.25) is 9.48 Å². The van der Waals surface area contributed by atoms with Gasteiger partial charge in [-0.25, -0.2) is 19.5 Å². The molecule has 1 saturated heterocycles. The van der Waals surface area contributed by atoms with Crippen molar-refractivity contribution in [2.45, 2.75) is 32.9 Å². The fourth-order valence-electron chi connectivity index (χ4n) is 4.61. The van der Waals surface area contributed by atoms with E-state index in [9.17, 15) is 4.79 Å². The molecule has 35 heavy (non-hydrogen) atoms. The van der Waals surface area contributed by atoms with Crippen LogP contribution in [0.1, 0.15) is 29.4 Å². The molecule has 0 aromatic carbocycles. The van der Waals surface area contributed by atoms with Crippen molar-refractivity contribution < 1.29 is 9.53 Å². The highest BCUT2D eigenvalue weighted by atomic mass is 16.5. The van der Waals surface area contributed by atoms with E-state index in [1.54, 1.807) is 34.1 Å². The van der Waals surface area contributed by atoms with E-state index in [0.29, 0.717) is 47.8 Å². The van der Waals surface area contributed by atoms with Crippen LogP contribution in [-0.2, 0) is 13.6 Å². The van der Waals surface area contributed by atoms with Gasteiger partial charge in [-0.15, -0.1) is 0 Å². The van der Waals surface area contributed by atoms with E-state index >= 15 is 0 Å². The number of carbonyl (C=O) groups excluding carboxylic acids is 1. The summed E-state index contributed by atoms with van der Waals surface area (Å²) in [6, 6.07) is 1.77. The van der Waals surface area contributed by atoms with Crippen LogP contribution in [0.25, 0.3) is 28.2 Å². The molecule has 12 heteroatoms. The fourth-order valence-corrected chi connectivity index (χ4v) is 4.61. The van der Waals surface area contributed by atoms with Crippen LogP contribution in [0.2, 0.25) is 0 Å². The fraction of sp³-hybridized carbons (Fsp3) is 0.348. The van der Waals surface area contributed by atoms with E-state index < -0.39 is 0 Å². The summed E-state index contributed by atoms with van der Waals surface area (Å²) in [7, 11) is 1.92. The first-order valence-electron chi connectivity index (χ1n) is 11.5. The molecular formula is C23H24N10O2. The quantitative estimate of drug-likeness (QED) is 0.380. The second-order valence-corrected chi connectivity index (χ2v) is 8.53. The van der Waals surface area contributed by atoms with Crippen molar-refractivity contribution in [2.75, 3.05) is 13.1 Å². The maximum atomic E-state index is 13.1. The molecule has 0 saturated carbocycles. The smallest absolute Gasteiger partial charge is 0.259 e. The molecule has 1 fully saturated rings. The Hall–Kier alpha value is -4.35. The van der Waals surface area contributed by atoms with Gasteiger partial charge < -0.3 is 14.2 Å². The minimum absolute atomic E-state index is 0.110. The predicted molar refractivity (Wildman–Crippen MR) is 126 cm³/mol. The number of nitrogens with zero attached hydrogens (tertiary/aromatic N) is 10. The van der Waals surface area contributed by atoms with Crippen LogP contribution in [-0.4, -0.2) is 73.9 Å². The normalized spacial score (nSPS) is 16.0. The molecule has 0 radical (unpaired) electrons. The molecule has 1 aliphatic rings. The van der Waals surface area contributed by atoms with E-state index in [0.717, 1.165) is 23.6 Å². The zero-order valence-electron chi connectivity index (χ0n) is 19.7. The van der Waals surface area contributed by atoms with Crippen LogP contribution >= 0.6 is 0 Å². The minimum atomic E-state index is -0.207. The van der Waals surface area contributed by atoms with E-state index in [2.05, 4.69) is 32.1 Å². The average molecular weight is 473 g/mol. The maximum Gasteiger partial charge on any atom is 0.259 e. The number of carbonyl (C=O) groups is 1. The Morgan fingerprint density at radius 3 is 2.89 bits per heavy atom. The monoisotopic (exact) mass is 472 g/mol. The number of rotatable bonds is 5. The lowest BCUT2D eigenvalue weighted by Crippen LogP contribution is -2.31. The predicted octanol–water partition coefficient (Wildman–Crippen LogP) is 1.89. The summed E-state index contributed by atoms with van der Waals surface area (Å²) < 4.78 is 11.7. The van der Waals surface area contributed by atoms with Crippen molar-refractivity contribution in [3.8, 4) is 17.3 Å². The zero-order valence-corrected chi connectivity index (χ0v) is 19.7. The van der Waals surface area contributed by atoms with E-state index in [-0.39, 0.29) is 12.0 Å². The molecule has 178 valence electrons. The van der Waals surface area contributed by atoms with Gasteiger partial charge in [0, 0.05) is 44.6 Å². The summed E-state index contributed by atoms with van der Waals surface area (Å²) in [5, 5.41) is 8.66. The first kappa shape index (κ1) is 21.2. The number of aryl methyl sites for hydroxylation is 2. The molecule has 0 N–H and O–H groups in total. The molecule has 5 aromatic heterocycles. The Morgan fingerprint density at radius 2 is 2.06 bits per heavy atom. The Kier molecular flexibility index (Phi) is 4.94. The highest BCUT2D eigenvalue weighted by Gasteiger charge is 2.31. The molecule has 0 aliphatic carbocycles. The molecule has 0 bridgehead atoms. The largest absolute Gasteiger partial charge is 0.471 e. The van der Waals surface area contributed by atoms with Gasteiger partial charge in [-0.05, 0) is 19.9 Å². The van der Waals surface area contributed by atoms with Crippen molar-refractivity contribution in [3.63, 3.8) is 0 Å². The van der Waals surface area contributed by atoms with Crippen molar-refractivity contribution in [1.82, 2.24) is 48.8 Å². The molecular weight excluding hydrogens is 448 g/mol. The molecule has 0 spiro atoms. The standard InChI is InChI=1S/C23H24N10O2/c1-4-32-14(2)16(10-27-32)20-29-18-21(30(20)3)25-13-26-22(18)35-15-6-9-31(12-15)23(34)17-11-28-33-8-5-7-24-19(17)33/h5,7-8,10-11,13,15H,4,6,9,12H2,1-3H3. The number of amides is 1. The second-order valence-electron chi connectivity index (χ2n) is 8.53. The molecule has 6 rings (SSSR count). The van der Waals surface area contributed by atoms with Gasteiger partial charge in [0.05, 0.1) is 24.5 Å². The molecule has 6 heterocycles. The summed E-state index contributed by atoms with van der Waals surface area (Å²) in [6.45, 7) is 5.88. The van der Waals surface area contributed by atoms with Crippen LogP contribution < -0.4 is 4.74 Å². The van der Waals surface area contributed by atoms with Crippen LogP contribution in [0.5, 0.6) is 5.88 Å². The molecule has 1 atom stereocenters. The van der Waals surface area contributed by atoms with Gasteiger partial charge in [0.25, 0.3) is 5.91 Å². The number of hydrogen-bond donors (Lipinski definition) is 0.